The van der Waals surface area contributed by atoms with E-state index in [-0.39, 0.29) is 0 Å². The van der Waals surface area contributed by atoms with Gasteiger partial charge in [0.15, 0.2) is 0 Å². The molecule has 0 aromatic carbocycles. The highest BCUT2D eigenvalue weighted by Gasteiger charge is 1.95. The Morgan fingerprint density at radius 2 is 2.29 bits per heavy atom. The number of hydrazine groups is 1. The second-order valence-electron chi connectivity index (χ2n) is 3.30. The maximum absolute atomic E-state index is 5.25. The smallest absolute Gasteiger partial charge is 0.141 e. The first-order chi connectivity index (χ1) is 6.72. The van der Waals surface area contributed by atoms with Crippen molar-refractivity contribution >= 4 is 11.5 Å². The predicted molar refractivity (Wildman–Crippen MR) is 59.1 cm³/mol. The molecule has 0 bridgehead atoms. The summed E-state index contributed by atoms with van der Waals surface area (Å²) in [6, 6.07) is 3.78. The van der Waals surface area contributed by atoms with Crippen LogP contribution in [0.3, 0.4) is 0 Å². The normalized spacial score (nSPS) is 10.3. The largest absolute Gasteiger partial charge is 0.384 e. The molecular weight excluding hydrogens is 178 g/mol. The van der Waals surface area contributed by atoms with E-state index in [2.05, 4.69) is 20.6 Å². The quantitative estimate of drug-likeness (QED) is 0.467. The predicted octanol–water partition coefficient (Wildman–Crippen LogP) is 0.341. The number of nitrogen functional groups attached to an aromatic ring is 1. The first-order valence-electron chi connectivity index (χ1n) is 4.53. The Hall–Kier alpha value is -1.33. The van der Waals surface area contributed by atoms with Crippen molar-refractivity contribution in [1.29, 1.82) is 0 Å². The van der Waals surface area contributed by atoms with E-state index in [1.54, 1.807) is 6.20 Å². The Bertz CT molecular complexity index is 274. The summed E-state index contributed by atoms with van der Waals surface area (Å²) in [6.07, 6.45) is 1.72. The third-order valence-corrected chi connectivity index (χ3v) is 1.80. The minimum atomic E-state index is 0.667. The van der Waals surface area contributed by atoms with Gasteiger partial charge in [-0.05, 0) is 20.2 Å². The summed E-state index contributed by atoms with van der Waals surface area (Å²) in [6.45, 7) is 1.90. The number of hydrogen-bond acceptors (Lipinski definition) is 5. The molecular formula is C9H17N5. The van der Waals surface area contributed by atoms with Crippen LogP contribution in [-0.2, 0) is 0 Å². The van der Waals surface area contributed by atoms with Crippen LogP contribution in [-0.4, -0.2) is 37.1 Å². The summed E-state index contributed by atoms with van der Waals surface area (Å²) in [5.74, 6) is 5.91. The van der Waals surface area contributed by atoms with Gasteiger partial charge in [-0.1, -0.05) is 0 Å². The fourth-order valence-corrected chi connectivity index (χ4v) is 1.04. The number of anilines is 2. The number of nitrogens with two attached hydrogens (primary N) is 1. The molecule has 5 heteroatoms. The van der Waals surface area contributed by atoms with Crippen LogP contribution in [0, 0.1) is 0 Å². The molecule has 0 aliphatic rings. The molecule has 4 N–H and O–H groups in total. The maximum Gasteiger partial charge on any atom is 0.141 e. The Morgan fingerprint density at radius 3 is 2.93 bits per heavy atom. The second-order valence-corrected chi connectivity index (χ2v) is 3.30. The van der Waals surface area contributed by atoms with Crippen LogP contribution in [0.2, 0.25) is 0 Å². The molecule has 1 rings (SSSR count). The molecule has 1 aromatic rings. The average molecular weight is 195 g/mol. The minimum Gasteiger partial charge on any atom is -0.384 e. The Morgan fingerprint density at radius 1 is 1.50 bits per heavy atom. The standard InChI is InChI=1S/C9H17N5/c1-14(2)6-5-11-8-3-4-12-9(7-8)13-10/h3-4,7H,5-6,10H2,1-2H3,(H2,11,12,13). The maximum atomic E-state index is 5.25. The number of likely N-dealkylation sites (N-methyl/N-ethyl adjacent to an activating group) is 1. The number of hydrogen-bond donors (Lipinski definition) is 3. The zero-order valence-electron chi connectivity index (χ0n) is 8.62. The van der Waals surface area contributed by atoms with Gasteiger partial charge in [0.05, 0.1) is 0 Å². The fraction of sp³-hybridized carbons (Fsp3) is 0.444. The number of nitrogens with zero attached hydrogens (tertiary/aromatic N) is 2. The topological polar surface area (TPSA) is 66.2 Å². The van der Waals surface area contributed by atoms with Gasteiger partial charge in [0, 0.05) is 31.0 Å². The van der Waals surface area contributed by atoms with Crippen LogP contribution in [0.25, 0.3) is 0 Å². The molecule has 0 saturated carbocycles. The molecule has 0 spiro atoms. The van der Waals surface area contributed by atoms with Crippen molar-refractivity contribution in [2.24, 2.45) is 5.84 Å². The van der Waals surface area contributed by atoms with Gasteiger partial charge in [0.25, 0.3) is 0 Å². The summed E-state index contributed by atoms with van der Waals surface area (Å²) >= 11 is 0. The van der Waals surface area contributed by atoms with Gasteiger partial charge in [0.2, 0.25) is 0 Å². The van der Waals surface area contributed by atoms with Crippen molar-refractivity contribution < 1.29 is 0 Å². The van der Waals surface area contributed by atoms with Crippen molar-refractivity contribution in [1.82, 2.24) is 9.88 Å². The highest BCUT2D eigenvalue weighted by molar-refractivity contribution is 5.51. The van der Waals surface area contributed by atoms with E-state index in [1.165, 1.54) is 0 Å². The minimum absolute atomic E-state index is 0.667. The van der Waals surface area contributed by atoms with Gasteiger partial charge in [-0.2, -0.15) is 0 Å². The summed E-state index contributed by atoms with van der Waals surface area (Å²) in [5, 5.41) is 3.27. The van der Waals surface area contributed by atoms with E-state index < -0.39 is 0 Å². The van der Waals surface area contributed by atoms with E-state index in [0.717, 1.165) is 18.8 Å². The van der Waals surface area contributed by atoms with Crippen LogP contribution >= 0.6 is 0 Å². The molecule has 78 valence electrons. The van der Waals surface area contributed by atoms with Crippen molar-refractivity contribution in [3.63, 3.8) is 0 Å². The van der Waals surface area contributed by atoms with Crippen LogP contribution in [0.1, 0.15) is 0 Å². The molecule has 0 aliphatic heterocycles. The Labute approximate surface area is 84.3 Å². The van der Waals surface area contributed by atoms with E-state index in [4.69, 9.17) is 5.84 Å². The lowest BCUT2D eigenvalue weighted by molar-refractivity contribution is 0.425. The van der Waals surface area contributed by atoms with E-state index in [1.807, 2.05) is 26.2 Å². The molecule has 1 heterocycles. The van der Waals surface area contributed by atoms with Crippen molar-refractivity contribution in [3.8, 4) is 0 Å². The molecule has 0 fully saturated rings. The summed E-state index contributed by atoms with van der Waals surface area (Å²) in [4.78, 5) is 6.14. The second kappa shape index (κ2) is 5.41. The van der Waals surface area contributed by atoms with Gasteiger partial charge < -0.3 is 15.6 Å². The van der Waals surface area contributed by atoms with Crippen molar-refractivity contribution in [2.45, 2.75) is 0 Å². The average Bonchev–Trinajstić information content (AvgIpc) is 2.18. The van der Waals surface area contributed by atoms with Crippen LogP contribution in [0.15, 0.2) is 18.3 Å². The Kier molecular flexibility index (Phi) is 4.15. The lowest BCUT2D eigenvalue weighted by Gasteiger charge is -2.11. The molecule has 0 atom stereocenters. The number of pyridine rings is 1. The van der Waals surface area contributed by atoms with Gasteiger partial charge in [-0.15, -0.1) is 0 Å². The van der Waals surface area contributed by atoms with Gasteiger partial charge in [-0.25, -0.2) is 10.8 Å². The van der Waals surface area contributed by atoms with Crippen molar-refractivity contribution in [3.05, 3.63) is 18.3 Å². The Balaban J connectivity index is 2.42. The molecule has 0 unspecified atom stereocenters. The summed E-state index contributed by atoms with van der Waals surface area (Å²) < 4.78 is 0. The molecule has 5 nitrogen and oxygen atoms in total. The molecule has 1 aromatic heterocycles. The van der Waals surface area contributed by atoms with E-state index in [0.29, 0.717) is 5.82 Å². The third-order valence-electron chi connectivity index (χ3n) is 1.80. The highest BCUT2D eigenvalue weighted by atomic mass is 15.2. The zero-order chi connectivity index (χ0) is 10.4. The van der Waals surface area contributed by atoms with Crippen LogP contribution in [0.5, 0.6) is 0 Å². The van der Waals surface area contributed by atoms with Crippen LogP contribution in [0.4, 0.5) is 11.5 Å². The van der Waals surface area contributed by atoms with Gasteiger partial charge >= 0.3 is 0 Å². The van der Waals surface area contributed by atoms with Gasteiger partial charge in [0.1, 0.15) is 5.82 Å². The third kappa shape index (κ3) is 3.59. The highest BCUT2D eigenvalue weighted by Crippen LogP contribution is 2.09. The summed E-state index contributed by atoms with van der Waals surface area (Å²) in [5.41, 5.74) is 3.53. The van der Waals surface area contributed by atoms with Crippen LogP contribution < -0.4 is 16.6 Å². The lowest BCUT2D eigenvalue weighted by Crippen LogP contribution is -2.20. The molecule has 0 amide bonds. The number of rotatable bonds is 5. The monoisotopic (exact) mass is 195 g/mol. The zero-order valence-corrected chi connectivity index (χ0v) is 8.62. The number of aromatic nitrogens is 1. The number of nitrogens with one attached hydrogen (secondary N) is 2. The molecule has 0 radical (unpaired) electrons. The SMILES string of the molecule is CN(C)CCNc1ccnc(NN)c1. The molecule has 14 heavy (non-hydrogen) atoms. The first-order valence-corrected chi connectivity index (χ1v) is 4.53. The fourth-order valence-electron chi connectivity index (χ4n) is 1.04. The first kappa shape index (κ1) is 10.7. The van der Waals surface area contributed by atoms with E-state index in [9.17, 15) is 0 Å². The van der Waals surface area contributed by atoms with E-state index >= 15 is 0 Å². The molecule has 0 saturated heterocycles. The molecule has 0 aliphatic carbocycles. The van der Waals surface area contributed by atoms with Crippen molar-refractivity contribution in [2.75, 3.05) is 37.9 Å². The summed E-state index contributed by atoms with van der Waals surface area (Å²) in [7, 11) is 4.09. The van der Waals surface area contributed by atoms with Gasteiger partial charge in [-0.3, -0.25) is 0 Å². The lowest BCUT2D eigenvalue weighted by atomic mass is 10.4.